The predicted octanol–water partition coefficient (Wildman–Crippen LogP) is 8.22. The van der Waals surface area contributed by atoms with E-state index in [0.29, 0.717) is 56.5 Å². The van der Waals surface area contributed by atoms with Crippen LogP contribution in [0.2, 0.25) is 0 Å². The summed E-state index contributed by atoms with van der Waals surface area (Å²) in [7, 11) is 1.26. The van der Waals surface area contributed by atoms with Crippen LogP contribution in [0, 0.1) is 5.92 Å². The van der Waals surface area contributed by atoms with E-state index in [0.717, 1.165) is 22.2 Å². The van der Waals surface area contributed by atoms with Crippen molar-refractivity contribution in [2.45, 2.75) is 89.7 Å². The largest absolute Gasteiger partial charge is 0.416 e. The van der Waals surface area contributed by atoms with Gasteiger partial charge in [0, 0.05) is 39.3 Å². The number of hydrogen-bond acceptors (Lipinski definition) is 5. The van der Waals surface area contributed by atoms with Crippen molar-refractivity contribution in [3.63, 3.8) is 0 Å². The minimum absolute atomic E-state index is 0.0173. The summed E-state index contributed by atoms with van der Waals surface area (Å²) < 4.78 is 124. The van der Waals surface area contributed by atoms with Gasteiger partial charge in [0.1, 0.15) is 0 Å². The summed E-state index contributed by atoms with van der Waals surface area (Å²) in [5.41, 5.74) is 1.15. The maximum Gasteiger partial charge on any atom is 0.416 e. The Labute approximate surface area is 292 Å². The summed E-state index contributed by atoms with van der Waals surface area (Å²) >= 11 is 0. The van der Waals surface area contributed by atoms with E-state index in [2.05, 4.69) is 10.0 Å². The van der Waals surface area contributed by atoms with Crippen molar-refractivity contribution in [2.24, 2.45) is 22.6 Å². The molecule has 284 valence electrons. The third-order valence-corrected chi connectivity index (χ3v) is 8.80. The number of hydrogen-bond donors (Lipinski definition) is 3. The van der Waals surface area contributed by atoms with Crippen LogP contribution in [0.5, 0.6) is 0 Å². The molecule has 0 aromatic heterocycles. The summed E-state index contributed by atoms with van der Waals surface area (Å²) in [4.78, 5) is 3.13. The molecule has 2 aromatic rings. The molecule has 1 saturated heterocycles. The number of rotatable bonds is 12. The first-order chi connectivity index (χ1) is 23.6. The number of guanidine groups is 1. The second-order valence-corrected chi connectivity index (χ2v) is 13.0. The van der Waals surface area contributed by atoms with E-state index < -0.39 is 71.5 Å². The Bertz CT molecular complexity index is 1510. The highest BCUT2D eigenvalue weighted by Gasteiger charge is 2.39. The average molecular weight is 737 g/mol. The molecule has 16 heteroatoms. The second-order valence-electron chi connectivity index (χ2n) is 13.0. The topological polar surface area (TPSA) is 94.3 Å². The summed E-state index contributed by atoms with van der Waals surface area (Å²) in [6.07, 6.45) is -5.53. The van der Waals surface area contributed by atoms with Crippen molar-refractivity contribution >= 4 is 5.96 Å². The number of alkyl halides is 9. The van der Waals surface area contributed by atoms with E-state index in [9.17, 15) is 44.6 Å². The lowest BCUT2D eigenvalue weighted by atomic mass is 9.82. The standard InChI is InChI=1S/C35H45F9N6O/c1-5-7-8-9-23(3)20-32(51)12-14-49(15-13-32)30(6-2)29-11-10-26(33(36,37)38)18-25(29)22-50(31(45)47-48(4)46)21-24-16-27(34(39,40)41)19-28(17-24)35(42,43)44/h5,7-11,16-19,23,30,51H,6,12-15,20-22,46H2,1-4H3,(H2,45,47)/b7-5-,9-8-. The number of benzene rings is 2. The SMILES string of the molecule is C/C=C\C=C/C(C)CC1(O)CCN(C(CC)c2ccc(C(F)(F)F)cc2CN(Cc2cc(C(F)(F)F)cc(C(F)(F)F)c2)/C(N)=N/N(C)N)CC1. The van der Waals surface area contributed by atoms with Gasteiger partial charge in [0.15, 0.2) is 0 Å². The lowest BCUT2D eigenvalue weighted by Crippen LogP contribution is -2.46. The van der Waals surface area contributed by atoms with Crippen LogP contribution in [0.3, 0.4) is 0 Å². The molecule has 0 bridgehead atoms. The Morgan fingerprint density at radius 2 is 1.49 bits per heavy atom. The zero-order valence-electron chi connectivity index (χ0n) is 28.9. The Morgan fingerprint density at radius 1 is 0.922 bits per heavy atom. The highest BCUT2D eigenvalue weighted by Crippen LogP contribution is 2.39. The van der Waals surface area contributed by atoms with E-state index in [1.807, 2.05) is 45.1 Å². The van der Waals surface area contributed by atoms with Gasteiger partial charge < -0.3 is 15.7 Å². The van der Waals surface area contributed by atoms with E-state index in [-0.39, 0.29) is 17.5 Å². The molecule has 2 atom stereocenters. The number of nitrogens with two attached hydrogens (primary N) is 2. The maximum absolute atomic E-state index is 14.0. The fourth-order valence-electron chi connectivity index (χ4n) is 6.39. The monoisotopic (exact) mass is 736 g/mol. The fraction of sp³-hybridized carbons (Fsp3) is 0.514. The van der Waals surface area contributed by atoms with Gasteiger partial charge in [-0.05, 0) is 85.5 Å². The highest BCUT2D eigenvalue weighted by atomic mass is 19.4. The lowest BCUT2D eigenvalue weighted by molar-refractivity contribution is -0.143. The number of nitrogens with zero attached hydrogens (tertiary/aromatic N) is 4. The average Bonchev–Trinajstić information content (AvgIpc) is 3.00. The van der Waals surface area contributed by atoms with Crippen LogP contribution >= 0.6 is 0 Å². The number of allylic oxidation sites excluding steroid dienone is 4. The molecule has 3 rings (SSSR count). The minimum atomic E-state index is -5.12. The number of halogens is 9. The van der Waals surface area contributed by atoms with Crippen LogP contribution in [-0.2, 0) is 31.6 Å². The molecule has 7 nitrogen and oxygen atoms in total. The van der Waals surface area contributed by atoms with Crippen molar-refractivity contribution in [2.75, 3.05) is 20.1 Å². The highest BCUT2D eigenvalue weighted by molar-refractivity contribution is 5.78. The van der Waals surface area contributed by atoms with E-state index >= 15 is 0 Å². The van der Waals surface area contributed by atoms with E-state index in [1.165, 1.54) is 13.1 Å². The normalized spacial score (nSPS) is 17.7. The molecule has 0 aliphatic carbocycles. The van der Waals surface area contributed by atoms with Gasteiger partial charge >= 0.3 is 18.5 Å². The Morgan fingerprint density at radius 3 is 1.98 bits per heavy atom. The third kappa shape index (κ3) is 11.9. The van der Waals surface area contributed by atoms with Crippen LogP contribution in [0.25, 0.3) is 0 Å². The number of likely N-dealkylation sites (tertiary alicyclic amines) is 1. The van der Waals surface area contributed by atoms with Crippen LogP contribution < -0.4 is 11.6 Å². The summed E-state index contributed by atoms with van der Waals surface area (Å²) in [5, 5.41) is 16.0. The number of hydrazone groups is 1. The minimum Gasteiger partial charge on any atom is -0.390 e. The smallest absolute Gasteiger partial charge is 0.390 e. The van der Waals surface area contributed by atoms with Crippen molar-refractivity contribution in [1.82, 2.24) is 14.9 Å². The summed E-state index contributed by atoms with van der Waals surface area (Å²) in [6.45, 7) is 5.45. The van der Waals surface area contributed by atoms with Gasteiger partial charge in [-0.3, -0.25) is 4.90 Å². The fourth-order valence-corrected chi connectivity index (χ4v) is 6.39. The number of piperidine rings is 1. The van der Waals surface area contributed by atoms with Crippen LogP contribution in [0.15, 0.2) is 65.8 Å². The third-order valence-electron chi connectivity index (χ3n) is 8.80. The van der Waals surface area contributed by atoms with Gasteiger partial charge in [-0.1, -0.05) is 44.2 Å². The van der Waals surface area contributed by atoms with Crippen molar-refractivity contribution in [1.29, 1.82) is 0 Å². The van der Waals surface area contributed by atoms with Gasteiger partial charge in [-0.15, -0.1) is 5.10 Å². The van der Waals surface area contributed by atoms with Crippen molar-refractivity contribution in [3.05, 3.63) is 94.1 Å². The molecule has 2 unspecified atom stereocenters. The molecule has 0 spiro atoms. The van der Waals surface area contributed by atoms with Crippen molar-refractivity contribution in [3.8, 4) is 0 Å². The molecule has 0 radical (unpaired) electrons. The van der Waals surface area contributed by atoms with Crippen LogP contribution in [0.1, 0.15) is 85.9 Å². The van der Waals surface area contributed by atoms with E-state index in [1.54, 1.807) is 0 Å². The van der Waals surface area contributed by atoms with E-state index in [4.69, 9.17) is 11.6 Å². The van der Waals surface area contributed by atoms with Gasteiger partial charge in [-0.2, -0.15) is 39.5 Å². The van der Waals surface area contributed by atoms with Gasteiger partial charge in [-0.25, -0.2) is 11.0 Å². The number of hydrazine groups is 1. The molecule has 0 amide bonds. The molecule has 0 saturated carbocycles. The molecule has 1 aliphatic heterocycles. The summed E-state index contributed by atoms with van der Waals surface area (Å²) in [5.74, 6) is 5.24. The Kier molecular flexibility index (Phi) is 13.7. The molecule has 1 fully saturated rings. The molecular formula is C35H45F9N6O. The van der Waals surface area contributed by atoms with Gasteiger partial charge in [0.2, 0.25) is 5.96 Å². The quantitative estimate of drug-likeness (QED) is 0.0508. The summed E-state index contributed by atoms with van der Waals surface area (Å²) in [6, 6.07) is 3.74. The number of aliphatic hydroxyl groups is 1. The Balaban J connectivity index is 2.04. The molecule has 1 aliphatic rings. The zero-order chi connectivity index (χ0) is 38.4. The molecule has 51 heavy (non-hydrogen) atoms. The predicted molar refractivity (Wildman–Crippen MR) is 177 cm³/mol. The van der Waals surface area contributed by atoms with Gasteiger partial charge in [0.05, 0.1) is 22.3 Å². The molecule has 2 aromatic carbocycles. The van der Waals surface area contributed by atoms with Gasteiger partial charge in [0.25, 0.3) is 0 Å². The second kappa shape index (κ2) is 16.7. The first-order valence-electron chi connectivity index (χ1n) is 16.4. The lowest BCUT2D eigenvalue weighted by Gasteiger charge is -2.43. The molecular weight excluding hydrogens is 691 g/mol. The Hall–Kier alpha value is -3.76. The molecule has 5 N–H and O–H groups in total. The van der Waals surface area contributed by atoms with Crippen molar-refractivity contribution < 1.29 is 44.6 Å². The first-order valence-corrected chi connectivity index (χ1v) is 16.4. The maximum atomic E-state index is 14.0. The van der Waals surface area contributed by atoms with Crippen LogP contribution in [-0.4, -0.2) is 51.7 Å². The first kappa shape index (κ1) is 41.7. The van der Waals surface area contributed by atoms with Crippen LogP contribution in [0.4, 0.5) is 39.5 Å². The zero-order valence-corrected chi connectivity index (χ0v) is 28.9. The molecule has 1 heterocycles.